The molecule has 0 radical (unpaired) electrons. The first-order valence-corrected chi connectivity index (χ1v) is 6.88. The lowest BCUT2D eigenvalue weighted by Crippen LogP contribution is -1.99. The molecule has 106 valence electrons. The number of imidazole rings is 1. The number of pyridine rings is 1. The Hall–Kier alpha value is -2.54. The van der Waals surface area contributed by atoms with Crippen LogP contribution in [0.4, 0.5) is 0 Å². The number of ether oxygens (including phenoxy) is 1. The summed E-state index contributed by atoms with van der Waals surface area (Å²) in [5, 5.41) is 9.77. The summed E-state index contributed by atoms with van der Waals surface area (Å²) in [6, 6.07) is 7.17. The smallest absolute Gasteiger partial charge is 0.338 e. The average molecular weight is 301 g/mol. The van der Waals surface area contributed by atoms with Gasteiger partial charge in [-0.3, -0.25) is 4.98 Å². The van der Waals surface area contributed by atoms with Crippen molar-refractivity contribution < 1.29 is 14.6 Å². The Kier molecular flexibility index (Phi) is 3.49. The van der Waals surface area contributed by atoms with E-state index in [9.17, 15) is 4.79 Å². The second-order valence-corrected chi connectivity index (χ2v) is 5.23. The van der Waals surface area contributed by atoms with Crippen molar-refractivity contribution in [2.24, 2.45) is 0 Å². The van der Waals surface area contributed by atoms with Crippen molar-refractivity contribution in [3.8, 4) is 5.75 Å². The van der Waals surface area contributed by atoms with Gasteiger partial charge in [0.2, 0.25) is 0 Å². The fraction of sp³-hybridized carbons (Fsp3) is 0.0714. The predicted octanol–water partition coefficient (Wildman–Crippen LogP) is 2.82. The van der Waals surface area contributed by atoms with Gasteiger partial charge in [-0.15, -0.1) is 0 Å². The third kappa shape index (κ3) is 2.68. The lowest BCUT2D eigenvalue weighted by Gasteiger charge is -2.01. The van der Waals surface area contributed by atoms with Crippen LogP contribution in [0.25, 0.3) is 11.0 Å². The van der Waals surface area contributed by atoms with E-state index in [1.54, 1.807) is 19.4 Å². The van der Waals surface area contributed by atoms with E-state index in [0.29, 0.717) is 10.1 Å². The summed E-state index contributed by atoms with van der Waals surface area (Å²) in [4.78, 5) is 23.2. The Morgan fingerprint density at radius 3 is 3.00 bits per heavy atom. The van der Waals surface area contributed by atoms with Crippen molar-refractivity contribution in [2.75, 3.05) is 7.11 Å². The largest absolute Gasteiger partial charge is 0.497 e. The normalized spacial score (nSPS) is 10.7. The molecule has 0 aliphatic rings. The van der Waals surface area contributed by atoms with E-state index >= 15 is 0 Å². The fourth-order valence-electron chi connectivity index (χ4n) is 1.88. The predicted molar refractivity (Wildman–Crippen MR) is 78.0 cm³/mol. The molecule has 6 nitrogen and oxygen atoms in total. The Bertz CT molecular complexity index is 816. The first-order chi connectivity index (χ1) is 10.2. The maximum Gasteiger partial charge on any atom is 0.338 e. The number of rotatable bonds is 4. The maximum absolute atomic E-state index is 11.2. The monoisotopic (exact) mass is 301 g/mol. The molecule has 0 amide bonds. The van der Waals surface area contributed by atoms with Crippen molar-refractivity contribution in [1.29, 1.82) is 0 Å². The molecule has 2 heterocycles. The highest BCUT2D eigenvalue weighted by molar-refractivity contribution is 7.99. The van der Waals surface area contributed by atoms with E-state index in [1.807, 2.05) is 18.2 Å². The second kappa shape index (κ2) is 5.45. The molecular formula is C14H11N3O3S. The third-order valence-electron chi connectivity index (χ3n) is 2.89. The SMILES string of the molecule is COc1ccc2nc(Sc3ccncc3C(=O)O)[nH]c2c1. The first-order valence-electron chi connectivity index (χ1n) is 6.06. The van der Waals surface area contributed by atoms with Crippen molar-refractivity contribution in [3.05, 3.63) is 42.2 Å². The highest BCUT2D eigenvalue weighted by Gasteiger charge is 2.13. The lowest BCUT2D eigenvalue weighted by atomic mass is 10.3. The van der Waals surface area contributed by atoms with E-state index in [0.717, 1.165) is 16.8 Å². The molecule has 0 aliphatic carbocycles. The number of H-pyrrole nitrogens is 1. The standard InChI is InChI=1S/C14H11N3O3S/c1-20-8-2-3-10-11(6-8)17-14(16-10)21-12-4-5-15-7-9(12)13(18)19/h2-7H,1H3,(H,16,17)(H,18,19). The Morgan fingerprint density at radius 2 is 2.24 bits per heavy atom. The minimum absolute atomic E-state index is 0.153. The molecule has 3 rings (SSSR count). The summed E-state index contributed by atoms with van der Waals surface area (Å²) in [7, 11) is 1.60. The van der Waals surface area contributed by atoms with Gasteiger partial charge in [0.1, 0.15) is 5.75 Å². The summed E-state index contributed by atoms with van der Waals surface area (Å²) >= 11 is 1.25. The van der Waals surface area contributed by atoms with Gasteiger partial charge >= 0.3 is 5.97 Å². The molecular weight excluding hydrogens is 290 g/mol. The minimum Gasteiger partial charge on any atom is -0.497 e. The van der Waals surface area contributed by atoms with Gasteiger partial charge in [-0.1, -0.05) is 11.8 Å². The van der Waals surface area contributed by atoms with E-state index in [-0.39, 0.29) is 5.56 Å². The van der Waals surface area contributed by atoms with Crippen LogP contribution in [-0.4, -0.2) is 33.1 Å². The summed E-state index contributed by atoms with van der Waals surface area (Å²) in [6.07, 6.45) is 2.89. The maximum atomic E-state index is 11.2. The van der Waals surface area contributed by atoms with E-state index in [1.165, 1.54) is 18.0 Å². The van der Waals surface area contributed by atoms with Gasteiger partial charge in [-0.2, -0.15) is 0 Å². The third-order valence-corrected chi connectivity index (χ3v) is 3.85. The second-order valence-electron chi connectivity index (χ2n) is 4.20. The van der Waals surface area contributed by atoms with Crippen LogP contribution < -0.4 is 4.74 Å². The number of hydrogen-bond donors (Lipinski definition) is 2. The number of hydrogen-bond acceptors (Lipinski definition) is 5. The summed E-state index contributed by atoms with van der Waals surface area (Å²) in [5.41, 5.74) is 1.78. The number of carboxylic acids is 1. The molecule has 0 spiro atoms. The van der Waals surface area contributed by atoms with Crippen LogP contribution >= 0.6 is 11.8 Å². The first kappa shape index (κ1) is 13.4. The zero-order valence-corrected chi connectivity index (χ0v) is 11.8. The summed E-state index contributed by atoms with van der Waals surface area (Å²) in [5.74, 6) is -0.277. The molecule has 21 heavy (non-hydrogen) atoms. The number of methoxy groups -OCH3 is 1. The van der Waals surface area contributed by atoms with Crippen molar-refractivity contribution in [3.63, 3.8) is 0 Å². The molecule has 0 saturated carbocycles. The number of aromatic carboxylic acids is 1. The molecule has 3 aromatic rings. The summed E-state index contributed by atoms with van der Waals surface area (Å²) < 4.78 is 5.16. The molecule has 0 bridgehead atoms. The van der Waals surface area contributed by atoms with Gasteiger partial charge in [0.25, 0.3) is 0 Å². The number of nitrogens with one attached hydrogen (secondary N) is 1. The minimum atomic E-state index is -1.01. The average Bonchev–Trinajstić information content (AvgIpc) is 2.88. The number of nitrogens with zero attached hydrogens (tertiary/aromatic N) is 2. The highest BCUT2D eigenvalue weighted by atomic mass is 32.2. The van der Waals surface area contributed by atoms with Crippen LogP contribution in [0.5, 0.6) is 5.75 Å². The zero-order chi connectivity index (χ0) is 14.8. The van der Waals surface area contributed by atoms with Gasteiger partial charge in [0, 0.05) is 23.4 Å². The highest BCUT2D eigenvalue weighted by Crippen LogP contribution is 2.30. The zero-order valence-electron chi connectivity index (χ0n) is 11.0. The number of aromatic amines is 1. The van der Waals surface area contributed by atoms with E-state index in [4.69, 9.17) is 9.84 Å². The fourth-order valence-corrected chi connectivity index (χ4v) is 2.77. The van der Waals surface area contributed by atoms with Gasteiger partial charge in [-0.25, -0.2) is 9.78 Å². The number of aromatic nitrogens is 3. The van der Waals surface area contributed by atoms with Crippen LogP contribution in [-0.2, 0) is 0 Å². The number of carboxylic acid groups (broad SMARTS) is 1. The Labute approximate surface area is 124 Å². The van der Waals surface area contributed by atoms with Crippen LogP contribution in [0, 0.1) is 0 Å². The van der Waals surface area contributed by atoms with Crippen molar-refractivity contribution >= 4 is 28.8 Å². The van der Waals surface area contributed by atoms with Crippen LogP contribution in [0.2, 0.25) is 0 Å². The van der Waals surface area contributed by atoms with E-state index < -0.39 is 5.97 Å². The quantitative estimate of drug-likeness (QED) is 0.770. The number of fused-ring (bicyclic) bond motifs is 1. The molecule has 0 saturated heterocycles. The molecule has 0 atom stereocenters. The van der Waals surface area contributed by atoms with Gasteiger partial charge < -0.3 is 14.8 Å². The van der Waals surface area contributed by atoms with Crippen LogP contribution in [0.1, 0.15) is 10.4 Å². The Balaban J connectivity index is 1.97. The van der Waals surface area contributed by atoms with Crippen LogP contribution in [0.15, 0.2) is 46.7 Å². The molecule has 2 N–H and O–H groups in total. The number of benzene rings is 1. The molecule has 7 heteroatoms. The van der Waals surface area contributed by atoms with Gasteiger partial charge in [0.15, 0.2) is 5.16 Å². The molecule has 0 aliphatic heterocycles. The molecule has 1 aromatic carbocycles. The van der Waals surface area contributed by atoms with Crippen molar-refractivity contribution in [1.82, 2.24) is 15.0 Å². The van der Waals surface area contributed by atoms with Crippen LogP contribution in [0.3, 0.4) is 0 Å². The molecule has 0 fully saturated rings. The van der Waals surface area contributed by atoms with E-state index in [2.05, 4.69) is 15.0 Å². The van der Waals surface area contributed by atoms with Crippen molar-refractivity contribution in [2.45, 2.75) is 10.1 Å². The summed E-state index contributed by atoms with van der Waals surface area (Å²) in [6.45, 7) is 0. The molecule has 2 aromatic heterocycles. The Morgan fingerprint density at radius 1 is 1.38 bits per heavy atom. The topological polar surface area (TPSA) is 88.1 Å². The van der Waals surface area contributed by atoms with Gasteiger partial charge in [0.05, 0.1) is 23.7 Å². The lowest BCUT2D eigenvalue weighted by molar-refractivity contribution is 0.0692. The van der Waals surface area contributed by atoms with Gasteiger partial charge in [-0.05, 0) is 18.2 Å². The number of carbonyl (C=O) groups is 1. The molecule has 0 unspecified atom stereocenters.